The fraction of sp³-hybridized carbons (Fsp3) is 0.606. The Morgan fingerprint density at radius 1 is 0.372 bits per heavy atom. The number of nitrogens with zero attached hydrogens (tertiary/aromatic N) is 2. The molecule has 1 aliphatic heterocycles. The molecule has 5 rings (SSSR count). The van der Waals surface area contributed by atoms with Gasteiger partial charge < -0.3 is 47.7 Å². The average molecular weight is 1080 g/mol. The van der Waals surface area contributed by atoms with Crippen molar-refractivity contribution in [3.63, 3.8) is 0 Å². The van der Waals surface area contributed by atoms with Crippen LogP contribution in [0.3, 0.4) is 0 Å². The van der Waals surface area contributed by atoms with Gasteiger partial charge >= 0.3 is 0 Å². The van der Waals surface area contributed by atoms with Gasteiger partial charge in [0, 0.05) is 70.7 Å². The van der Waals surface area contributed by atoms with E-state index in [-0.39, 0.29) is 99.5 Å². The molecule has 0 saturated heterocycles. The lowest BCUT2D eigenvalue weighted by atomic mass is 9.84. The van der Waals surface area contributed by atoms with Crippen LogP contribution in [0, 0.1) is 0 Å². The number of benzene rings is 4. The van der Waals surface area contributed by atoms with Gasteiger partial charge in [0.25, 0.3) is 11.8 Å². The van der Waals surface area contributed by atoms with E-state index in [1.807, 2.05) is 9.80 Å². The van der Waals surface area contributed by atoms with Crippen LogP contribution in [0.25, 0.3) is 0 Å². The van der Waals surface area contributed by atoms with Crippen molar-refractivity contribution in [3.05, 3.63) is 115 Å². The van der Waals surface area contributed by atoms with Gasteiger partial charge in [0.2, 0.25) is 0 Å². The number of fused-ring (bicyclic) bond motifs is 8. The Morgan fingerprint density at radius 2 is 0.564 bits per heavy atom. The molecule has 0 unspecified atom stereocenters. The Hall–Kier alpha value is -5.14. The Balaban J connectivity index is 1.73. The number of ether oxygens (including phenoxy) is 8. The quantitative estimate of drug-likeness (QED) is 0.107. The molecule has 78 heavy (non-hydrogen) atoms. The highest BCUT2D eigenvalue weighted by atomic mass is 16.5. The van der Waals surface area contributed by atoms with Crippen molar-refractivity contribution in [2.75, 3.05) is 53.6 Å². The SMILES string of the molecule is CCCN(CCC)C(=O)COc1c2cc(C(C)(C)C)cc1COCc1cc(C(C)(C)C)cc(c1OCC(=O)N(CCC)CCC)COCc1cc(C(C)(C)C)cc(c1OC)COCc1cc(C(C)(C)C)cc(c1OC)COC2. The van der Waals surface area contributed by atoms with Crippen molar-refractivity contribution in [2.24, 2.45) is 0 Å². The maximum atomic E-state index is 13.9. The summed E-state index contributed by atoms with van der Waals surface area (Å²) < 4.78 is 53.0. The third-order valence-electron chi connectivity index (χ3n) is 14.3. The van der Waals surface area contributed by atoms with Crippen molar-refractivity contribution >= 4 is 11.8 Å². The van der Waals surface area contributed by atoms with Crippen LogP contribution < -0.4 is 18.9 Å². The summed E-state index contributed by atoms with van der Waals surface area (Å²) in [4.78, 5) is 31.6. The standard InChI is InChI=1S/C66H98N2O10/c1-19-23-67(24-20-2)57(69)43-77-61-49-31-55(65(11,12)13)33-51(61)41-76-42-52-34-56(66(14,15)16)32-50(62(52)78-44-58(70)68(25-21-3)26-22-4)40-75-38-48-30-54(64(8,9)10)28-46(60(48)72-18)36-73-35-45-27-53(63(5,6)7)29-47(37-74-39-49)59(45)71-17/h27-34H,19-26,35-44H2,1-18H3. The zero-order valence-corrected chi connectivity index (χ0v) is 51.3. The largest absolute Gasteiger partial charge is 0.496 e. The second-order valence-corrected chi connectivity index (χ2v) is 25.2. The summed E-state index contributed by atoms with van der Waals surface area (Å²) >= 11 is 0. The van der Waals surface area contributed by atoms with Crippen LogP contribution in [-0.2, 0) is 103 Å². The number of carbonyl (C=O) groups is 2. The second-order valence-electron chi connectivity index (χ2n) is 25.2. The van der Waals surface area contributed by atoms with Crippen molar-refractivity contribution in [1.29, 1.82) is 0 Å². The number of hydrogen-bond donors (Lipinski definition) is 0. The minimum atomic E-state index is -0.260. The molecule has 12 nitrogen and oxygen atoms in total. The van der Waals surface area contributed by atoms with Crippen LogP contribution in [-0.4, -0.2) is 75.2 Å². The van der Waals surface area contributed by atoms with Gasteiger partial charge in [-0.2, -0.15) is 0 Å². The van der Waals surface area contributed by atoms with E-state index >= 15 is 0 Å². The summed E-state index contributed by atoms with van der Waals surface area (Å²) in [5, 5.41) is 0. The zero-order valence-electron chi connectivity index (χ0n) is 51.3. The number of carbonyl (C=O) groups excluding carboxylic acids is 2. The Bertz CT molecular complexity index is 2420. The average Bonchev–Trinajstić information content (AvgIpc) is 3.36. The van der Waals surface area contributed by atoms with E-state index in [2.05, 4.69) is 159 Å². The smallest absolute Gasteiger partial charge is 0.260 e. The van der Waals surface area contributed by atoms with E-state index in [9.17, 15) is 9.59 Å². The number of hydrogen-bond acceptors (Lipinski definition) is 10. The predicted molar refractivity (Wildman–Crippen MR) is 313 cm³/mol. The molecule has 0 aromatic heterocycles. The molecule has 0 atom stereocenters. The highest BCUT2D eigenvalue weighted by Crippen LogP contribution is 2.39. The summed E-state index contributed by atoms with van der Waals surface area (Å²) in [6.45, 7) is 38.7. The normalized spacial score (nSPS) is 14.3. The van der Waals surface area contributed by atoms with Crippen LogP contribution >= 0.6 is 0 Å². The lowest BCUT2D eigenvalue weighted by molar-refractivity contribution is -0.134. The van der Waals surface area contributed by atoms with Gasteiger partial charge in [-0.1, -0.05) is 111 Å². The fourth-order valence-electron chi connectivity index (χ4n) is 9.84. The number of rotatable bonds is 16. The van der Waals surface area contributed by atoms with Crippen LogP contribution in [0.1, 0.15) is 203 Å². The molecule has 0 spiro atoms. The lowest BCUT2D eigenvalue weighted by Gasteiger charge is -2.27. The van der Waals surface area contributed by atoms with Crippen LogP contribution in [0.2, 0.25) is 0 Å². The highest BCUT2D eigenvalue weighted by Gasteiger charge is 2.27. The van der Waals surface area contributed by atoms with E-state index < -0.39 is 0 Å². The molecule has 1 aliphatic rings. The van der Waals surface area contributed by atoms with Gasteiger partial charge in [0.1, 0.15) is 23.0 Å². The fourth-order valence-corrected chi connectivity index (χ4v) is 9.84. The van der Waals surface area contributed by atoms with E-state index in [1.165, 1.54) is 0 Å². The maximum absolute atomic E-state index is 13.9. The van der Waals surface area contributed by atoms with E-state index in [0.29, 0.717) is 49.2 Å². The van der Waals surface area contributed by atoms with Crippen molar-refractivity contribution in [1.82, 2.24) is 9.80 Å². The molecule has 4 aromatic rings. The summed E-state index contributed by atoms with van der Waals surface area (Å²) in [7, 11) is 3.39. The second kappa shape index (κ2) is 28.3. The van der Waals surface area contributed by atoms with Crippen LogP contribution in [0.5, 0.6) is 23.0 Å². The molecule has 0 radical (unpaired) electrons. The predicted octanol–water partition coefficient (Wildman–Crippen LogP) is 14.1. The first-order chi connectivity index (χ1) is 36.8. The highest BCUT2D eigenvalue weighted by molar-refractivity contribution is 5.78. The van der Waals surface area contributed by atoms with Crippen LogP contribution in [0.4, 0.5) is 0 Å². The van der Waals surface area contributed by atoms with E-state index in [4.69, 9.17) is 37.9 Å². The molecule has 1 heterocycles. The maximum Gasteiger partial charge on any atom is 0.260 e. The van der Waals surface area contributed by atoms with Crippen molar-refractivity contribution < 1.29 is 47.5 Å². The molecule has 0 saturated carbocycles. The Labute approximate surface area is 470 Å². The lowest BCUT2D eigenvalue weighted by Crippen LogP contribution is -2.36. The summed E-state index contributed by atoms with van der Waals surface area (Å²) in [5.74, 6) is 2.39. The molecular formula is C66H98N2O10. The minimum absolute atomic E-state index is 0.0719. The first-order valence-corrected chi connectivity index (χ1v) is 28.6. The van der Waals surface area contributed by atoms with E-state index in [1.54, 1.807) is 14.2 Å². The van der Waals surface area contributed by atoms with Gasteiger partial charge in [0.05, 0.1) is 67.1 Å². The molecule has 8 bridgehead atoms. The van der Waals surface area contributed by atoms with Gasteiger partial charge in [-0.3, -0.25) is 9.59 Å². The molecular weight excluding hydrogens is 981 g/mol. The number of amides is 2. The van der Waals surface area contributed by atoms with Crippen LogP contribution in [0.15, 0.2) is 48.5 Å². The Morgan fingerprint density at radius 3 is 0.731 bits per heavy atom. The molecule has 4 aromatic carbocycles. The third kappa shape index (κ3) is 17.4. The van der Waals surface area contributed by atoms with E-state index in [0.717, 1.165) is 92.4 Å². The van der Waals surface area contributed by atoms with Crippen molar-refractivity contribution in [3.8, 4) is 23.0 Å². The summed E-state index contributed by atoms with van der Waals surface area (Å²) in [5.41, 5.74) is 10.3. The molecule has 2 amide bonds. The Kier molecular flexibility index (Phi) is 23.1. The topological polar surface area (TPSA) is 114 Å². The molecule has 12 heteroatoms. The molecule has 0 aliphatic carbocycles. The first-order valence-electron chi connectivity index (χ1n) is 28.6. The monoisotopic (exact) mass is 1080 g/mol. The minimum Gasteiger partial charge on any atom is -0.496 e. The van der Waals surface area contributed by atoms with Crippen molar-refractivity contribution in [2.45, 2.75) is 211 Å². The van der Waals surface area contributed by atoms with Gasteiger partial charge in [-0.25, -0.2) is 0 Å². The van der Waals surface area contributed by atoms with Gasteiger partial charge in [-0.15, -0.1) is 0 Å². The third-order valence-corrected chi connectivity index (χ3v) is 14.3. The summed E-state index contributed by atoms with van der Waals surface area (Å²) in [6, 6.07) is 17.3. The molecule has 0 fully saturated rings. The van der Waals surface area contributed by atoms with Gasteiger partial charge in [0.15, 0.2) is 13.2 Å². The summed E-state index contributed by atoms with van der Waals surface area (Å²) in [6.07, 6.45) is 3.38. The zero-order chi connectivity index (χ0) is 57.6. The van der Waals surface area contributed by atoms with Gasteiger partial charge in [-0.05, 0) is 118 Å². The molecule has 0 N–H and O–H groups in total. The first kappa shape index (κ1) is 63.7. The number of methoxy groups -OCH3 is 2. The molecule has 432 valence electrons.